The predicted octanol–water partition coefficient (Wildman–Crippen LogP) is 3.76. The number of rotatable bonds is 7. The molecule has 3 unspecified atom stereocenters. The zero-order valence-electron chi connectivity index (χ0n) is 11.7. The number of hydrogen-bond donors (Lipinski definition) is 1. The Bertz CT molecular complexity index is 315. The van der Waals surface area contributed by atoms with E-state index in [1.807, 2.05) is 0 Å². The summed E-state index contributed by atoms with van der Waals surface area (Å²) in [5.41, 5.74) is -1.14. The number of carboxylic acid groups (broad SMARTS) is 1. The molecule has 1 aliphatic heterocycles. The maximum atomic E-state index is 11.5. The predicted molar refractivity (Wildman–Crippen MR) is 70.6 cm³/mol. The van der Waals surface area contributed by atoms with E-state index in [9.17, 15) is 9.90 Å². The van der Waals surface area contributed by atoms with Crippen molar-refractivity contribution in [2.24, 2.45) is 5.92 Å². The smallest absolute Gasteiger partial charge is 0.339 e. The van der Waals surface area contributed by atoms with Crippen LogP contribution in [0.4, 0.5) is 0 Å². The molecular formula is C15H26O3. The van der Waals surface area contributed by atoms with Gasteiger partial charge in [-0.1, -0.05) is 46.0 Å². The summed E-state index contributed by atoms with van der Waals surface area (Å²) >= 11 is 0. The first-order valence-electron chi connectivity index (χ1n) is 7.56. The Hall–Kier alpha value is -0.570. The van der Waals surface area contributed by atoms with Crippen LogP contribution in [-0.2, 0) is 9.53 Å². The van der Waals surface area contributed by atoms with Crippen LogP contribution in [-0.4, -0.2) is 22.3 Å². The average Bonchev–Trinajstić information content (AvgIpc) is 3.05. The Morgan fingerprint density at radius 2 is 2.11 bits per heavy atom. The van der Waals surface area contributed by atoms with Crippen LogP contribution in [0.15, 0.2) is 0 Å². The summed E-state index contributed by atoms with van der Waals surface area (Å²) in [5, 5.41) is 9.50. The van der Waals surface area contributed by atoms with Crippen molar-refractivity contribution in [3.63, 3.8) is 0 Å². The molecule has 0 spiro atoms. The molecule has 0 radical (unpaired) electrons. The van der Waals surface area contributed by atoms with Crippen LogP contribution in [0.5, 0.6) is 0 Å². The van der Waals surface area contributed by atoms with Crippen molar-refractivity contribution < 1.29 is 14.6 Å². The summed E-state index contributed by atoms with van der Waals surface area (Å²) in [7, 11) is 0. The molecule has 0 aromatic heterocycles. The highest BCUT2D eigenvalue weighted by atomic mass is 16.7. The Kier molecular flexibility index (Phi) is 4.00. The van der Waals surface area contributed by atoms with Gasteiger partial charge in [0.05, 0.1) is 0 Å². The normalized spacial score (nSPS) is 38.2. The van der Waals surface area contributed by atoms with E-state index in [-0.39, 0.29) is 5.60 Å². The van der Waals surface area contributed by atoms with Gasteiger partial charge in [-0.2, -0.15) is 0 Å². The second-order valence-corrected chi connectivity index (χ2v) is 5.93. The first kappa shape index (κ1) is 13.9. The second kappa shape index (κ2) is 5.20. The van der Waals surface area contributed by atoms with Gasteiger partial charge in [0.1, 0.15) is 5.60 Å². The van der Waals surface area contributed by atoms with E-state index < -0.39 is 11.6 Å². The van der Waals surface area contributed by atoms with Crippen LogP contribution in [0.1, 0.15) is 71.6 Å². The molecule has 3 nitrogen and oxygen atoms in total. The average molecular weight is 254 g/mol. The molecular weight excluding hydrogens is 228 g/mol. The van der Waals surface area contributed by atoms with Crippen LogP contribution in [0, 0.1) is 5.92 Å². The van der Waals surface area contributed by atoms with E-state index in [0.29, 0.717) is 12.3 Å². The summed E-state index contributed by atoms with van der Waals surface area (Å²) < 4.78 is 5.90. The highest BCUT2D eigenvalue weighted by Crippen LogP contribution is 2.63. The molecule has 1 saturated heterocycles. The SMILES string of the molecule is CCCCCCC12OC1(C(=O)O)CCCC2CC. The van der Waals surface area contributed by atoms with Crippen molar-refractivity contribution in [2.45, 2.75) is 82.8 Å². The van der Waals surface area contributed by atoms with E-state index in [4.69, 9.17) is 4.74 Å². The fraction of sp³-hybridized carbons (Fsp3) is 0.933. The second-order valence-electron chi connectivity index (χ2n) is 5.93. The van der Waals surface area contributed by atoms with Gasteiger partial charge in [-0.25, -0.2) is 4.79 Å². The Labute approximate surface area is 110 Å². The number of fused-ring (bicyclic) bond motifs is 1. The molecule has 0 amide bonds. The molecule has 104 valence electrons. The van der Waals surface area contributed by atoms with E-state index in [1.54, 1.807) is 0 Å². The Balaban J connectivity index is 2.03. The minimum atomic E-state index is -0.821. The third kappa shape index (κ3) is 1.97. The van der Waals surface area contributed by atoms with Gasteiger partial charge in [0.15, 0.2) is 5.60 Å². The first-order valence-corrected chi connectivity index (χ1v) is 7.56. The van der Waals surface area contributed by atoms with E-state index >= 15 is 0 Å². The summed E-state index contributed by atoms with van der Waals surface area (Å²) in [6.45, 7) is 4.36. The fourth-order valence-electron chi connectivity index (χ4n) is 3.93. The van der Waals surface area contributed by atoms with E-state index in [0.717, 1.165) is 32.1 Å². The first-order chi connectivity index (χ1) is 8.63. The highest BCUT2D eigenvalue weighted by molar-refractivity contribution is 5.83. The Morgan fingerprint density at radius 3 is 2.72 bits per heavy atom. The molecule has 3 heteroatoms. The molecule has 1 aliphatic carbocycles. The van der Waals surface area contributed by atoms with Crippen molar-refractivity contribution in [3.05, 3.63) is 0 Å². The Morgan fingerprint density at radius 1 is 1.33 bits per heavy atom. The lowest BCUT2D eigenvalue weighted by Crippen LogP contribution is -2.42. The number of ether oxygens (including phenoxy) is 1. The largest absolute Gasteiger partial charge is 0.479 e. The zero-order chi connectivity index (χ0) is 13.2. The molecule has 2 fully saturated rings. The van der Waals surface area contributed by atoms with Crippen LogP contribution in [0.2, 0.25) is 0 Å². The summed E-state index contributed by atoms with van der Waals surface area (Å²) in [6.07, 6.45) is 9.61. The van der Waals surface area contributed by atoms with Crippen LogP contribution >= 0.6 is 0 Å². The van der Waals surface area contributed by atoms with Gasteiger partial charge in [0.2, 0.25) is 0 Å². The number of carboxylic acids is 1. The van der Waals surface area contributed by atoms with Gasteiger partial charge in [-0.3, -0.25) is 0 Å². The third-order valence-corrected chi connectivity index (χ3v) is 4.98. The standard InChI is InChI=1S/C15H26O3/c1-3-5-6-7-10-14-12(4-2)9-8-11-15(14,18-14)13(16)17/h12H,3-11H2,1-2H3,(H,16,17). The summed E-state index contributed by atoms with van der Waals surface area (Å²) in [6, 6.07) is 0. The summed E-state index contributed by atoms with van der Waals surface area (Å²) in [4.78, 5) is 11.5. The number of unbranched alkanes of at least 4 members (excludes halogenated alkanes) is 3. The van der Waals surface area contributed by atoms with Gasteiger partial charge in [-0.15, -0.1) is 0 Å². The van der Waals surface area contributed by atoms with E-state index in [1.165, 1.54) is 19.3 Å². The van der Waals surface area contributed by atoms with Crippen molar-refractivity contribution in [3.8, 4) is 0 Å². The minimum absolute atomic E-state index is 0.320. The van der Waals surface area contributed by atoms with E-state index in [2.05, 4.69) is 13.8 Å². The number of epoxide rings is 1. The number of carbonyl (C=O) groups is 1. The van der Waals surface area contributed by atoms with Gasteiger partial charge in [-0.05, 0) is 31.6 Å². The lowest BCUT2D eigenvalue weighted by Gasteiger charge is -2.30. The van der Waals surface area contributed by atoms with Gasteiger partial charge < -0.3 is 9.84 Å². The minimum Gasteiger partial charge on any atom is -0.479 e. The van der Waals surface area contributed by atoms with Crippen molar-refractivity contribution in [1.82, 2.24) is 0 Å². The van der Waals surface area contributed by atoms with Crippen molar-refractivity contribution in [2.75, 3.05) is 0 Å². The van der Waals surface area contributed by atoms with Crippen molar-refractivity contribution in [1.29, 1.82) is 0 Å². The maximum absolute atomic E-state index is 11.5. The highest BCUT2D eigenvalue weighted by Gasteiger charge is 2.77. The number of hydrogen-bond acceptors (Lipinski definition) is 2. The third-order valence-electron chi connectivity index (χ3n) is 4.98. The topological polar surface area (TPSA) is 49.8 Å². The molecule has 1 N–H and O–H groups in total. The van der Waals surface area contributed by atoms with Crippen molar-refractivity contribution >= 4 is 5.97 Å². The van der Waals surface area contributed by atoms with Crippen LogP contribution in [0.25, 0.3) is 0 Å². The van der Waals surface area contributed by atoms with Crippen LogP contribution in [0.3, 0.4) is 0 Å². The molecule has 0 aromatic carbocycles. The van der Waals surface area contributed by atoms with Crippen LogP contribution < -0.4 is 0 Å². The molecule has 1 heterocycles. The zero-order valence-corrected chi connectivity index (χ0v) is 11.7. The van der Waals surface area contributed by atoms with Gasteiger partial charge in [0.25, 0.3) is 0 Å². The van der Waals surface area contributed by atoms with Gasteiger partial charge >= 0.3 is 5.97 Å². The molecule has 3 atom stereocenters. The molecule has 2 aliphatic rings. The lowest BCUT2D eigenvalue weighted by molar-refractivity contribution is -0.144. The molecule has 0 aromatic rings. The summed E-state index contributed by atoms with van der Waals surface area (Å²) in [5.74, 6) is -0.278. The number of aliphatic carboxylic acids is 1. The quantitative estimate of drug-likeness (QED) is 0.556. The molecule has 1 saturated carbocycles. The molecule has 2 rings (SSSR count). The fourth-order valence-corrected chi connectivity index (χ4v) is 3.93. The van der Waals surface area contributed by atoms with Gasteiger partial charge in [0, 0.05) is 0 Å². The lowest BCUT2D eigenvalue weighted by atomic mass is 9.69. The molecule has 0 bridgehead atoms. The molecule has 18 heavy (non-hydrogen) atoms. The monoisotopic (exact) mass is 254 g/mol. The maximum Gasteiger partial charge on any atom is 0.339 e.